The van der Waals surface area contributed by atoms with E-state index in [0.717, 1.165) is 0 Å². The van der Waals surface area contributed by atoms with Crippen LogP contribution >= 0.6 is 11.6 Å². The van der Waals surface area contributed by atoms with E-state index in [4.69, 9.17) is 11.6 Å². The lowest BCUT2D eigenvalue weighted by Crippen LogP contribution is -2.52. The number of carbonyl (C=O) groups excluding carboxylic acids is 1. The first-order chi connectivity index (χ1) is 11.4. The maximum Gasteiger partial charge on any atom is 0.321 e. The van der Waals surface area contributed by atoms with E-state index >= 15 is 0 Å². The highest BCUT2D eigenvalue weighted by atomic mass is 35.5. The van der Waals surface area contributed by atoms with E-state index in [-0.39, 0.29) is 23.1 Å². The summed E-state index contributed by atoms with van der Waals surface area (Å²) in [7, 11) is -1.11. The van der Waals surface area contributed by atoms with Crippen molar-refractivity contribution >= 4 is 33.2 Å². The Kier molecular flexibility index (Phi) is 5.03. The monoisotopic (exact) mass is 371 g/mol. The molecule has 6 nitrogen and oxygen atoms in total. The number of likely N-dealkylation sites (tertiary alicyclic amines) is 1. The van der Waals surface area contributed by atoms with Crippen molar-refractivity contribution in [2.75, 3.05) is 37.8 Å². The summed E-state index contributed by atoms with van der Waals surface area (Å²) < 4.78 is 24.7. The van der Waals surface area contributed by atoms with E-state index in [0.29, 0.717) is 43.2 Å². The van der Waals surface area contributed by atoms with Crippen molar-refractivity contribution in [1.29, 1.82) is 0 Å². The second-order valence-corrected chi connectivity index (χ2v) is 9.17. The third kappa shape index (κ3) is 3.53. The molecule has 0 spiro atoms. The Bertz CT molecular complexity index is 725. The van der Waals surface area contributed by atoms with Gasteiger partial charge in [0.05, 0.1) is 21.7 Å². The maximum atomic E-state index is 12.5. The molecular weight excluding hydrogens is 350 g/mol. The summed E-state index contributed by atoms with van der Waals surface area (Å²) in [4.78, 5) is 16.3. The van der Waals surface area contributed by atoms with Crippen LogP contribution in [0.3, 0.4) is 0 Å². The first-order valence-corrected chi connectivity index (χ1v) is 10.2. The number of anilines is 1. The lowest BCUT2D eigenvalue weighted by Gasteiger charge is -2.37. The lowest BCUT2D eigenvalue weighted by molar-refractivity contribution is 0.205. The fraction of sp³-hybridized carbons (Fsp3) is 0.562. The van der Waals surface area contributed by atoms with Crippen LogP contribution < -0.4 is 5.32 Å². The minimum absolute atomic E-state index is 0.0122. The predicted molar refractivity (Wildman–Crippen MR) is 95.3 cm³/mol. The molecule has 3 rings (SSSR count). The van der Waals surface area contributed by atoms with Crippen molar-refractivity contribution in [2.45, 2.75) is 24.1 Å². The Labute approximate surface area is 147 Å². The van der Waals surface area contributed by atoms with Crippen molar-refractivity contribution in [3.63, 3.8) is 0 Å². The zero-order valence-corrected chi connectivity index (χ0v) is 15.2. The normalized spacial score (nSPS) is 27.2. The van der Waals surface area contributed by atoms with Gasteiger partial charge in [0.15, 0.2) is 9.84 Å². The van der Waals surface area contributed by atoms with Gasteiger partial charge in [-0.1, -0.05) is 23.7 Å². The Morgan fingerprint density at radius 3 is 2.67 bits per heavy atom. The first kappa shape index (κ1) is 17.5. The van der Waals surface area contributed by atoms with Crippen LogP contribution in [-0.2, 0) is 9.84 Å². The zero-order valence-electron chi connectivity index (χ0n) is 13.6. The number of hydrogen-bond acceptors (Lipinski definition) is 4. The minimum atomic E-state index is -3.08. The number of nitrogens with zero attached hydrogens (tertiary/aromatic N) is 2. The molecule has 2 amide bonds. The van der Waals surface area contributed by atoms with Crippen LogP contribution in [0.15, 0.2) is 24.3 Å². The van der Waals surface area contributed by atoms with Crippen LogP contribution in [0.5, 0.6) is 0 Å². The van der Waals surface area contributed by atoms with Crippen LogP contribution in [0.25, 0.3) is 0 Å². The molecule has 1 aromatic rings. The molecule has 2 saturated heterocycles. The van der Waals surface area contributed by atoms with E-state index in [1.54, 1.807) is 29.2 Å². The molecule has 0 saturated carbocycles. The van der Waals surface area contributed by atoms with Crippen molar-refractivity contribution in [2.24, 2.45) is 0 Å². The molecule has 1 aromatic carbocycles. The van der Waals surface area contributed by atoms with Gasteiger partial charge in [-0.2, -0.15) is 0 Å². The quantitative estimate of drug-likeness (QED) is 0.820. The van der Waals surface area contributed by atoms with Gasteiger partial charge in [0.2, 0.25) is 0 Å². The molecule has 2 heterocycles. The highest BCUT2D eigenvalue weighted by molar-refractivity contribution is 7.92. The SMILES string of the molecule is CN1CCS(=O)(=O)[C@@H]2CCN(C(=O)Nc3ccccc3Cl)CC[C@@H]21. The molecule has 24 heavy (non-hydrogen) atoms. The fourth-order valence-corrected chi connectivity index (χ4v) is 5.85. The van der Waals surface area contributed by atoms with E-state index in [1.807, 2.05) is 7.05 Å². The number of halogens is 1. The van der Waals surface area contributed by atoms with Crippen LogP contribution in [0.2, 0.25) is 5.02 Å². The van der Waals surface area contributed by atoms with Gasteiger partial charge in [-0.3, -0.25) is 0 Å². The number of urea groups is 1. The number of amides is 2. The minimum Gasteiger partial charge on any atom is -0.324 e. The third-order valence-electron chi connectivity index (χ3n) is 4.97. The van der Waals surface area contributed by atoms with Crippen LogP contribution in [-0.4, -0.2) is 68.0 Å². The van der Waals surface area contributed by atoms with Crippen LogP contribution in [0.4, 0.5) is 10.5 Å². The van der Waals surface area contributed by atoms with E-state index in [9.17, 15) is 13.2 Å². The predicted octanol–water partition coefficient (Wildman–Crippen LogP) is 2.07. The zero-order chi connectivity index (χ0) is 17.3. The topological polar surface area (TPSA) is 69.7 Å². The number of carbonyl (C=O) groups is 1. The summed E-state index contributed by atoms with van der Waals surface area (Å²) in [5.74, 6) is 0.205. The molecule has 0 bridgehead atoms. The Morgan fingerprint density at radius 1 is 1.21 bits per heavy atom. The Morgan fingerprint density at radius 2 is 1.92 bits per heavy atom. The number of sulfone groups is 1. The Hall–Kier alpha value is -1.31. The summed E-state index contributed by atoms with van der Waals surface area (Å²) >= 11 is 6.08. The van der Waals surface area contributed by atoms with Crippen molar-refractivity contribution in [1.82, 2.24) is 9.80 Å². The van der Waals surface area contributed by atoms with Gasteiger partial charge >= 0.3 is 6.03 Å². The molecule has 2 atom stereocenters. The van der Waals surface area contributed by atoms with Crippen LogP contribution in [0.1, 0.15) is 12.8 Å². The van der Waals surface area contributed by atoms with Gasteiger partial charge in [-0.05, 0) is 32.0 Å². The second kappa shape index (κ2) is 6.90. The van der Waals surface area contributed by atoms with Gasteiger partial charge in [0.25, 0.3) is 0 Å². The van der Waals surface area contributed by atoms with E-state index in [2.05, 4.69) is 10.2 Å². The van der Waals surface area contributed by atoms with E-state index in [1.165, 1.54) is 0 Å². The largest absolute Gasteiger partial charge is 0.324 e. The summed E-state index contributed by atoms with van der Waals surface area (Å²) in [6.07, 6.45) is 1.14. The highest BCUT2D eigenvalue weighted by Gasteiger charge is 2.41. The molecule has 2 aliphatic heterocycles. The summed E-state index contributed by atoms with van der Waals surface area (Å²) in [5, 5.41) is 2.92. The summed E-state index contributed by atoms with van der Waals surface area (Å²) in [6.45, 7) is 1.54. The summed E-state index contributed by atoms with van der Waals surface area (Å²) in [5.41, 5.74) is 0.565. The van der Waals surface area contributed by atoms with Gasteiger partial charge in [0, 0.05) is 25.7 Å². The van der Waals surface area contributed by atoms with Crippen LogP contribution in [0, 0.1) is 0 Å². The van der Waals surface area contributed by atoms with Gasteiger partial charge in [-0.15, -0.1) is 0 Å². The average molecular weight is 372 g/mol. The number of fused-ring (bicyclic) bond motifs is 1. The van der Waals surface area contributed by atoms with Crippen molar-refractivity contribution < 1.29 is 13.2 Å². The number of nitrogens with one attached hydrogen (secondary N) is 1. The fourth-order valence-electron chi connectivity index (χ4n) is 3.53. The number of rotatable bonds is 1. The van der Waals surface area contributed by atoms with Crippen molar-refractivity contribution in [3.8, 4) is 0 Å². The standard InChI is InChI=1S/C16H22ClN3O3S/c1-19-10-11-24(22,23)15-7-9-20(8-6-14(15)19)16(21)18-13-5-3-2-4-12(13)17/h2-5,14-15H,6-11H2,1H3,(H,18,21)/t14-,15+/m0/s1. The molecule has 1 N–H and O–H groups in total. The molecule has 0 unspecified atom stereocenters. The number of para-hydroxylation sites is 1. The molecule has 2 fully saturated rings. The van der Waals surface area contributed by atoms with E-state index < -0.39 is 9.84 Å². The molecule has 2 aliphatic rings. The summed E-state index contributed by atoms with van der Waals surface area (Å²) in [6, 6.07) is 6.82. The van der Waals surface area contributed by atoms with Crippen molar-refractivity contribution in [3.05, 3.63) is 29.3 Å². The van der Waals surface area contributed by atoms with Gasteiger partial charge < -0.3 is 15.1 Å². The molecule has 132 valence electrons. The highest BCUT2D eigenvalue weighted by Crippen LogP contribution is 2.27. The molecule has 8 heteroatoms. The molecule has 0 aromatic heterocycles. The third-order valence-corrected chi connectivity index (χ3v) is 7.52. The van der Waals surface area contributed by atoms with Gasteiger partial charge in [0.1, 0.15) is 0 Å². The second-order valence-electron chi connectivity index (χ2n) is 6.43. The molecule has 0 radical (unpaired) electrons. The molecular formula is C16H22ClN3O3S. The first-order valence-electron chi connectivity index (χ1n) is 8.11. The maximum absolute atomic E-state index is 12.5. The lowest BCUT2D eigenvalue weighted by atomic mass is 10.1. The molecule has 0 aliphatic carbocycles. The number of hydrogen-bond donors (Lipinski definition) is 1. The van der Waals surface area contributed by atoms with Gasteiger partial charge in [-0.25, -0.2) is 13.2 Å². The number of benzene rings is 1. The average Bonchev–Trinajstić information content (AvgIpc) is 2.78. The Balaban J connectivity index is 1.71. The smallest absolute Gasteiger partial charge is 0.321 e.